The molecular formula is C16H19BrN2O2. The lowest BCUT2D eigenvalue weighted by molar-refractivity contribution is -0.142. The molecule has 0 saturated heterocycles. The van der Waals surface area contributed by atoms with E-state index in [1.807, 2.05) is 44.5 Å². The monoisotopic (exact) mass is 350 g/mol. The first-order valence-electron chi connectivity index (χ1n) is 6.91. The number of carbonyl (C=O) groups excluding carboxylic acids is 1. The highest BCUT2D eigenvalue weighted by molar-refractivity contribution is 9.10. The van der Waals surface area contributed by atoms with E-state index in [0.29, 0.717) is 6.61 Å². The lowest BCUT2D eigenvalue weighted by atomic mass is 10.1. The quantitative estimate of drug-likeness (QED) is 0.790. The Morgan fingerprint density at radius 3 is 2.67 bits per heavy atom. The fourth-order valence-corrected chi connectivity index (χ4v) is 2.85. The molecule has 0 saturated carbocycles. The average molecular weight is 351 g/mol. The van der Waals surface area contributed by atoms with Crippen molar-refractivity contribution in [2.24, 2.45) is 0 Å². The highest BCUT2D eigenvalue weighted by atomic mass is 79.9. The molecule has 0 bridgehead atoms. The lowest BCUT2D eigenvalue weighted by Crippen LogP contribution is -2.09. The Morgan fingerprint density at radius 1 is 1.33 bits per heavy atom. The maximum atomic E-state index is 11.7. The Labute approximate surface area is 133 Å². The maximum absolute atomic E-state index is 11.7. The van der Waals surface area contributed by atoms with Crippen molar-refractivity contribution in [3.8, 4) is 5.69 Å². The number of hydrogen-bond donors (Lipinski definition) is 0. The van der Waals surface area contributed by atoms with Gasteiger partial charge < -0.3 is 4.74 Å². The third-order valence-electron chi connectivity index (χ3n) is 3.45. The molecule has 4 nitrogen and oxygen atoms in total. The van der Waals surface area contributed by atoms with Crippen LogP contribution in [0, 0.1) is 20.8 Å². The summed E-state index contributed by atoms with van der Waals surface area (Å²) in [5.41, 5.74) is 4.93. The van der Waals surface area contributed by atoms with E-state index in [1.165, 1.54) is 0 Å². The summed E-state index contributed by atoms with van der Waals surface area (Å²) in [6, 6.07) is 6.06. The van der Waals surface area contributed by atoms with Crippen molar-refractivity contribution in [2.45, 2.75) is 34.1 Å². The standard InChI is InChI=1S/C16H19BrN2O2/c1-5-21-16(20)9-14-11(3)18-19(12(14)4)15-7-6-13(17)8-10(15)2/h6-8H,5,9H2,1-4H3. The zero-order valence-corrected chi connectivity index (χ0v) is 14.3. The molecule has 0 spiro atoms. The molecule has 5 heteroatoms. The second-order valence-corrected chi connectivity index (χ2v) is 5.89. The van der Waals surface area contributed by atoms with Crippen LogP contribution < -0.4 is 0 Å². The molecule has 0 amide bonds. The minimum atomic E-state index is -0.212. The molecule has 21 heavy (non-hydrogen) atoms. The van der Waals surface area contributed by atoms with E-state index in [2.05, 4.69) is 27.1 Å². The number of ether oxygens (including phenoxy) is 1. The van der Waals surface area contributed by atoms with Gasteiger partial charge in [-0.25, -0.2) is 4.68 Å². The van der Waals surface area contributed by atoms with E-state index in [1.54, 1.807) is 0 Å². The van der Waals surface area contributed by atoms with Gasteiger partial charge in [0.1, 0.15) is 0 Å². The summed E-state index contributed by atoms with van der Waals surface area (Å²) >= 11 is 3.47. The number of benzene rings is 1. The van der Waals surface area contributed by atoms with Gasteiger partial charge in [0.2, 0.25) is 0 Å². The molecule has 0 fully saturated rings. The van der Waals surface area contributed by atoms with Crippen LogP contribution in [0.15, 0.2) is 22.7 Å². The first kappa shape index (κ1) is 15.8. The number of esters is 1. The van der Waals surface area contributed by atoms with Gasteiger partial charge in [-0.1, -0.05) is 15.9 Å². The zero-order chi connectivity index (χ0) is 15.6. The summed E-state index contributed by atoms with van der Waals surface area (Å²) in [5, 5.41) is 4.58. The van der Waals surface area contributed by atoms with Crippen molar-refractivity contribution < 1.29 is 9.53 Å². The van der Waals surface area contributed by atoms with Crippen molar-refractivity contribution in [3.63, 3.8) is 0 Å². The number of carbonyl (C=O) groups is 1. The second-order valence-electron chi connectivity index (χ2n) is 4.97. The summed E-state index contributed by atoms with van der Waals surface area (Å²) in [6.45, 7) is 8.16. The molecule has 1 aromatic carbocycles. The summed E-state index contributed by atoms with van der Waals surface area (Å²) in [6.07, 6.45) is 0.265. The van der Waals surface area contributed by atoms with Crippen LogP contribution in [0.2, 0.25) is 0 Å². The normalized spacial score (nSPS) is 10.7. The number of hydrogen-bond acceptors (Lipinski definition) is 3. The van der Waals surface area contributed by atoms with Gasteiger partial charge in [-0.2, -0.15) is 5.10 Å². The SMILES string of the molecule is CCOC(=O)Cc1c(C)nn(-c2ccc(Br)cc2C)c1C. The van der Waals surface area contributed by atoms with Crippen LogP contribution in [-0.4, -0.2) is 22.4 Å². The predicted octanol–water partition coefficient (Wildman–Crippen LogP) is 3.67. The molecule has 1 heterocycles. The molecule has 2 rings (SSSR count). The number of rotatable bonds is 4. The summed E-state index contributed by atoms with van der Waals surface area (Å²) in [7, 11) is 0. The number of aryl methyl sites for hydroxylation is 2. The third-order valence-corrected chi connectivity index (χ3v) is 3.95. The van der Waals surface area contributed by atoms with E-state index in [-0.39, 0.29) is 12.4 Å². The highest BCUT2D eigenvalue weighted by Gasteiger charge is 2.17. The van der Waals surface area contributed by atoms with E-state index in [4.69, 9.17) is 4.74 Å². The van der Waals surface area contributed by atoms with Crippen LogP contribution in [0.5, 0.6) is 0 Å². The topological polar surface area (TPSA) is 44.1 Å². The molecule has 0 aliphatic carbocycles. The molecule has 0 aliphatic rings. The minimum absolute atomic E-state index is 0.212. The van der Waals surface area contributed by atoms with Crippen molar-refractivity contribution >= 4 is 21.9 Å². The van der Waals surface area contributed by atoms with Gasteiger partial charge >= 0.3 is 5.97 Å². The Hall–Kier alpha value is -1.62. The first-order chi connectivity index (χ1) is 9.93. The van der Waals surface area contributed by atoms with Crippen molar-refractivity contribution in [3.05, 3.63) is 45.2 Å². The van der Waals surface area contributed by atoms with E-state index in [9.17, 15) is 4.79 Å². The lowest BCUT2D eigenvalue weighted by Gasteiger charge is -2.09. The third kappa shape index (κ3) is 3.35. The number of halogens is 1. The fraction of sp³-hybridized carbons (Fsp3) is 0.375. The van der Waals surface area contributed by atoms with E-state index in [0.717, 1.165) is 32.7 Å². The average Bonchev–Trinajstić information content (AvgIpc) is 2.67. The molecule has 0 unspecified atom stereocenters. The van der Waals surface area contributed by atoms with Crippen LogP contribution in [0.3, 0.4) is 0 Å². The molecule has 112 valence electrons. The van der Waals surface area contributed by atoms with Gasteiger partial charge in [0, 0.05) is 15.7 Å². The Morgan fingerprint density at radius 2 is 2.05 bits per heavy atom. The molecular weight excluding hydrogens is 332 g/mol. The van der Waals surface area contributed by atoms with Gasteiger partial charge in [0.05, 0.1) is 24.4 Å². The Balaban J connectivity index is 2.41. The highest BCUT2D eigenvalue weighted by Crippen LogP contribution is 2.23. The van der Waals surface area contributed by atoms with Crippen LogP contribution >= 0.6 is 15.9 Å². The Bertz CT molecular complexity index is 677. The number of aromatic nitrogens is 2. The predicted molar refractivity (Wildman–Crippen MR) is 85.8 cm³/mol. The van der Waals surface area contributed by atoms with Gasteiger partial charge in [0.15, 0.2) is 0 Å². The van der Waals surface area contributed by atoms with E-state index >= 15 is 0 Å². The van der Waals surface area contributed by atoms with Crippen LogP contribution in [-0.2, 0) is 16.0 Å². The first-order valence-corrected chi connectivity index (χ1v) is 7.70. The Kier molecular flexibility index (Phi) is 4.83. The van der Waals surface area contributed by atoms with Crippen LogP contribution in [0.4, 0.5) is 0 Å². The van der Waals surface area contributed by atoms with Crippen molar-refractivity contribution in [2.75, 3.05) is 6.61 Å². The molecule has 0 atom stereocenters. The molecule has 0 radical (unpaired) electrons. The van der Waals surface area contributed by atoms with Crippen molar-refractivity contribution in [1.82, 2.24) is 9.78 Å². The molecule has 0 N–H and O–H groups in total. The van der Waals surface area contributed by atoms with E-state index < -0.39 is 0 Å². The van der Waals surface area contributed by atoms with Gasteiger partial charge in [0.25, 0.3) is 0 Å². The van der Waals surface area contributed by atoms with Crippen LogP contribution in [0.25, 0.3) is 5.69 Å². The fourth-order valence-electron chi connectivity index (χ4n) is 2.38. The molecule has 2 aromatic rings. The largest absolute Gasteiger partial charge is 0.466 e. The van der Waals surface area contributed by atoms with Crippen molar-refractivity contribution in [1.29, 1.82) is 0 Å². The summed E-state index contributed by atoms with van der Waals surface area (Å²) in [4.78, 5) is 11.7. The van der Waals surface area contributed by atoms with Crippen LogP contribution in [0.1, 0.15) is 29.4 Å². The molecule has 1 aromatic heterocycles. The van der Waals surface area contributed by atoms with Gasteiger partial charge in [-0.05, 0) is 51.5 Å². The van der Waals surface area contributed by atoms with Gasteiger partial charge in [-0.15, -0.1) is 0 Å². The van der Waals surface area contributed by atoms with Gasteiger partial charge in [-0.3, -0.25) is 4.79 Å². The number of nitrogens with zero attached hydrogens (tertiary/aromatic N) is 2. The molecule has 0 aliphatic heterocycles. The minimum Gasteiger partial charge on any atom is -0.466 e. The zero-order valence-electron chi connectivity index (χ0n) is 12.7. The summed E-state index contributed by atoms with van der Waals surface area (Å²) in [5.74, 6) is -0.212. The second kappa shape index (κ2) is 6.43. The summed E-state index contributed by atoms with van der Waals surface area (Å²) < 4.78 is 7.96. The smallest absolute Gasteiger partial charge is 0.310 e. The maximum Gasteiger partial charge on any atom is 0.310 e.